The van der Waals surface area contributed by atoms with Crippen LogP contribution in [0, 0.1) is 12.3 Å². The molecule has 0 bridgehead atoms. The molecule has 1 saturated heterocycles. The van der Waals surface area contributed by atoms with E-state index in [0.29, 0.717) is 12.4 Å². The average molecular weight is 553 g/mol. The van der Waals surface area contributed by atoms with Crippen LogP contribution in [0.15, 0.2) is 36.0 Å². The van der Waals surface area contributed by atoms with Crippen LogP contribution in [0.2, 0.25) is 0 Å². The van der Waals surface area contributed by atoms with E-state index in [9.17, 15) is 19.5 Å². The monoisotopic (exact) mass is 552 g/mol. The third kappa shape index (κ3) is 6.36. The highest BCUT2D eigenvalue weighted by Gasteiger charge is 2.43. The van der Waals surface area contributed by atoms with Gasteiger partial charge in [-0.3, -0.25) is 14.4 Å². The molecule has 1 fully saturated rings. The Morgan fingerprint density at radius 2 is 2.05 bits per heavy atom. The second-order valence-corrected chi connectivity index (χ2v) is 12.0. The van der Waals surface area contributed by atoms with Gasteiger partial charge in [0, 0.05) is 39.7 Å². The van der Waals surface area contributed by atoms with E-state index in [1.54, 1.807) is 28.2 Å². The molecule has 1 aliphatic heterocycles. The quantitative estimate of drug-likeness (QED) is 0.412. The number of H-pyrrole nitrogens is 1. The van der Waals surface area contributed by atoms with Gasteiger partial charge >= 0.3 is 0 Å². The standard InChI is InChI=1S/C28H36N6O4S/c1-16-23(39-15-30-16)19-9-7-8-18(10-19)13-33(6)26(37)21-12-29-25(32-21)22-11-20(36)14-34(22)27(38)24(28(3,4)5)31-17(2)35/h7-10,12,15,20,22,24,36H,11,13-14H2,1-6H3,(H,29,32)(H,31,35)/t20-,22+,24-/m1/s1. The van der Waals surface area contributed by atoms with Gasteiger partial charge in [-0.2, -0.15) is 0 Å². The first-order chi connectivity index (χ1) is 18.3. The second kappa shape index (κ2) is 11.3. The van der Waals surface area contributed by atoms with Crippen molar-refractivity contribution in [2.75, 3.05) is 13.6 Å². The van der Waals surface area contributed by atoms with Crippen LogP contribution in [0.25, 0.3) is 10.4 Å². The number of nitrogens with zero attached hydrogens (tertiary/aromatic N) is 4. The lowest BCUT2D eigenvalue weighted by Gasteiger charge is -2.35. The number of carbonyl (C=O) groups excluding carboxylic acids is 3. The van der Waals surface area contributed by atoms with Crippen molar-refractivity contribution in [2.45, 2.75) is 65.8 Å². The number of aromatic amines is 1. The van der Waals surface area contributed by atoms with Gasteiger partial charge in [0.2, 0.25) is 11.8 Å². The number of aromatic nitrogens is 3. The SMILES string of the molecule is CC(=O)N[C@H](C(=O)N1C[C@H](O)C[C@H]1c1nc(C(=O)N(C)Cc2cccc(-c3scnc3C)c2)c[nH]1)C(C)(C)C. The summed E-state index contributed by atoms with van der Waals surface area (Å²) < 4.78 is 0. The fourth-order valence-corrected chi connectivity index (χ4v) is 5.68. The van der Waals surface area contributed by atoms with Gasteiger partial charge in [-0.15, -0.1) is 11.3 Å². The van der Waals surface area contributed by atoms with Crippen LogP contribution in [0.3, 0.4) is 0 Å². The van der Waals surface area contributed by atoms with Crippen molar-refractivity contribution in [1.82, 2.24) is 30.1 Å². The Morgan fingerprint density at radius 1 is 1.31 bits per heavy atom. The minimum absolute atomic E-state index is 0.120. The first kappa shape index (κ1) is 28.4. The number of carbonyl (C=O) groups is 3. The van der Waals surface area contributed by atoms with Gasteiger partial charge in [0.05, 0.1) is 28.2 Å². The van der Waals surface area contributed by atoms with E-state index in [4.69, 9.17) is 0 Å². The van der Waals surface area contributed by atoms with E-state index in [-0.39, 0.29) is 36.4 Å². The lowest BCUT2D eigenvalue weighted by atomic mass is 9.85. The van der Waals surface area contributed by atoms with Crippen LogP contribution in [0.5, 0.6) is 0 Å². The topological polar surface area (TPSA) is 132 Å². The fourth-order valence-electron chi connectivity index (χ4n) is 4.88. The Hall–Kier alpha value is -3.57. The molecule has 2 aromatic heterocycles. The van der Waals surface area contributed by atoms with Gasteiger partial charge in [-0.1, -0.05) is 39.0 Å². The van der Waals surface area contributed by atoms with E-state index >= 15 is 0 Å². The van der Waals surface area contributed by atoms with Gasteiger partial charge in [0.1, 0.15) is 17.6 Å². The molecule has 208 valence electrons. The zero-order valence-corrected chi connectivity index (χ0v) is 24.0. The van der Waals surface area contributed by atoms with E-state index in [1.165, 1.54) is 13.1 Å². The van der Waals surface area contributed by atoms with Crippen LogP contribution >= 0.6 is 11.3 Å². The Bertz CT molecular complexity index is 1360. The minimum Gasteiger partial charge on any atom is -0.391 e. The number of aryl methyl sites for hydroxylation is 1. The number of likely N-dealkylation sites (tertiary alicyclic amines) is 1. The maximum Gasteiger partial charge on any atom is 0.274 e. The number of hydrogen-bond donors (Lipinski definition) is 3. The zero-order valence-electron chi connectivity index (χ0n) is 23.2. The van der Waals surface area contributed by atoms with E-state index in [0.717, 1.165) is 21.7 Å². The molecule has 0 saturated carbocycles. The Morgan fingerprint density at radius 3 is 2.69 bits per heavy atom. The van der Waals surface area contributed by atoms with Crippen molar-refractivity contribution in [3.8, 4) is 10.4 Å². The summed E-state index contributed by atoms with van der Waals surface area (Å²) in [6.07, 6.45) is 1.08. The summed E-state index contributed by atoms with van der Waals surface area (Å²) in [6, 6.07) is 6.73. The van der Waals surface area contributed by atoms with Crippen molar-refractivity contribution in [3.63, 3.8) is 0 Å². The van der Waals surface area contributed by atoms with Crippen LogP contribution in [0.4, 0.5) is 0 Å². The molecule has 11 heteroatoms. The lowest BCUT2D eigenvalue weighted by molar-refractivity contribution is -0.140. The highest BCUT2D eigenvalue weighted by Crippen LogP contribution is 2.34. The van der Waals surface area contributed by atoms with Gasteiger partial charge in [-0.25, -0.2) is 9.97 Å². The predicted octanol–water partition coefficient (Wildman–Crippen LogP) is 3.30. The molecule has 3 aromatic rings. The normalized spacial score (nSPS) is 18.2. The summed E-state index contributed by atoms with van der Waals surface area (Å²) in [5, 5.41) is 13.2. The molecule has 0 aliphatic carbocycles. The second-order valence-electron chi connectivity index (χ2n) is 11.2. The first-order valence-corrected chi connectivity index (χ1v) is 13.8. The number of aliphatic hydroxyl groups is 1. The molecule has 39 heavy (non-hydrogen) atoms. The smallest absolute Gasteiger partial charge is 0.274 e. The average Bonchev–Trinajstić information content (AvgIpc) is 3.60. The van der Waals surface area contributed by atoms with Crippen molar-refractivity contribution < 1.29 is 19.5 Å². The molecule has 0 radical (unpaired) electrons. The van der Waals surface area contributed by atoms with Crippen molar-refractivity contribution >= 4 is 29.1 Å². The highest BCUT2D eigenvalue weighted by atomic mass is 32.1. The van der Waals surface area contributed by atoms with E-state index in [2.05, 4.69) is 26.3 Å². The molecule has 0 unspecified atom stereocenters. The minimum atomic E-state index is -0.769. The van der Waals surface area contributed by atoms with E-state index in [1.807, 2.05) is 51.4 Å². The maximum atomic E-state index is 13.5. The number of β-amino-alcohol motifs (C(OH)–C–C–N with tert-alkyl or cyclic N) is 1. The number of benzene rings is 1. The van der Waals surface area contributed by atoms with Gasteiger partial charge in [-0.05, 0) is 29.5 Å². The zero-order chi connectivity index (χ0) is 28.5. The van der Waals surface area contributed by atoms with Crippen LogP contribution in [-0.4, -0.2) is 73.3 Å². The lowest BCUT2D eigenvalue weighted by Crippen LogP contribution is -2.54. The van der Waals surface area contributed by atoms with Crippen LogP contribution in [-0.2, 0) is 16.1 Å². The number of hydrogen-bond acceptors (Lipinski definition) is 7. The number of thiazole rings is 1. The summed E-state index contributed by atoms with van der Waals surface area (Å²) >= 11 is 1.58. The third-order valence-corrected chi connectivity index (χ3v) is 7.83. The molecule has 3 atom stereocenters. The molecule has 3 heterocycles. The van der Waals surface area contributed by atoms with Crippen LogP contribution < -0.4 is 5.32 Å². The number of rotatable bonds is 7. The summed E-state index contributed by atoms with van der Waals surface area (Å²) in [6.45, 7) is 9.49. The predicted molar refractivity (Wildman–Crippen MR) is 149 cm³/mol. The van der Waals surface area contributed by atoms with Crippen molar-refractivity contribution in [2.24, 2.45) is 5.41 Å². The summed E-state index contributed by atoms with van der Waals surface area (Å²) in [5.74, 6) is -0.438. The van der Waals surface area contributed by atoms with E-state index < -0.39 is 23.6 Å². The summed E-state index contributed by atoms with van der Waals surface area (Å²) in [4.78, 5) is 54.7. The fraction of sp³-hybridized carbons (Fsp3) is 0.464. The maximum absolute atomic E-state index is 13.5. The highest BCUT2D eigenvalue weighted by molar-refractivity contribution is 7.13. The number of amides is 3. The number of aliphatic hydroxyl groups excluding tert-OH is 1. The first-order valence-electron chi connectivity index (χ1n) is 12.9. The summed E-state index contributed by atoms with van der Waals surface area (Å²) in [7, 11) is 1.72. The molecule has 1 aliphatic rings. The molecule has 3 N–H and O–H groups in total. The van der Waals surface area contributed by atoms with Crippen molar-refractivity contribution in [3.05, 3.63) is 58.7 Å². The third-order valence-electron chi connectivity index (χ3n) is 6.86. The summed E-state index contributed by atoms with van der Waals surface area (Å²) in [5.41, 5.74) is 4.53. The number of imidazole rings is 1. The Balaban J connectivity index is 1.49. The Kier molecular flexibility index (Phi) is 8.22. The molecular weight excluding hydrogens is 516 g/mol. The van der Waals surface area contributed by atoms with Gasteiger partial charge in [0.15, 0.2) is 0 Å². The molecule has 3 amide bonds. The van der Waals surface area contributed by atoms with Gasteiger partial charge in [0.25, 0.3) is 5.91 Å². The molecular formula is C28H36N6O4S. The molecule has 1 aromatic carbocycles. The Labute approximate surface area is 232 Å². The van der Waals surface area contributed by atoms with Gasteiger partial charge < -0.3 is 25.2 Å². The molecule has 4 rings (SSSR count). The number of nitrogens with one attached hydrogen (secondary N) is 2. The van der Waals surface area contributed by atoms with Crippen LogP contribution in [0.1, 0.15) is 67.7 Å². The molecule has 10 nitrogen and oxygen atoms in total. The largest absolute Gasteiger partial charge is 0.391 e. The van der Waals surface area contributed by atoms with Crippen molar-refractivity contribution in [1.29, 1.82) is 0 Å². The molecule has 0 spiro atoms.